The topological polar surface area (TPSA) is 85.2 Å². The van der Waals surface area contributed by atoms with Crippen LogP contribution in [0.4, 0.5) is 0 Å². The van der Waals surface area contributed by atoms with Crippen molar-refractivity contribution in [2.24, 2.45) is 0 Å². The van der Waals surface area contributed by atoms with E-state index in [1.54, 1.807) is 0 Å². The molecule has 2 aromatic heterocycles. The number of aromatic nitrogens is 3. The molecular formula is C10H7N3O3. The predicted octanol–water partition coefficient (Wildman–Crippen LogP) is 1.36. The summed E-state index contributed by atoms with van der Waals surface area (Å²) in [4.78, 5) is 22.2. The van der Waals surface area contributed by atoms with Gasteiger partial charge in [-0.15, -0.1) is 0 Å². The zero-order chi connectivity index (χ0) is 11.4. The van der Waals surface area contributed by atoms with Crippen LogP contribution in [0, 0.1) is 0 Å². The fourth-order valence-corrected chi connectivity index (χ4v) is 1.09. The molecule has 0 saturated heterocycles. The minimum atomic E-state index is -1.08. The summed E-state index contributed by atoms with van der Waals surface area (Å²) in [5, 5.41) is 8.90. The third kappa shape index (κ3) is 2.11. The number of hydrogen-bond acceptors (Lipinski definition) is 5. The van der Waals surface area contributed by atoms with Crippen molar-refractivity contribution in [3.8, 4) is 11.6 Å². The Bertz CT molecular complexity index is 502. The highest BCUT2D eigenvalue weighted by molar-refractivity contribution is 5.90. The molecule has 16 heavy (non-hydrogen) atoms. The van der Waals surface area contributed by atoms with Gasteiger partial charge in [0, 0.05) is 18.5 Å². The number of nitrogens with zero attached hydrogens (tertiary/aromatic N) is 3. The van der Waals surface area contributed by atoms with Gasteiger partial charge in [-0.25, -0.2) is 14.8 Å². The van der Waals surface area contributed by atoms with Crippen LogP contribution in [0.15, 0.2) is 37.1 Å². The summed E-state index contributed by atoms with van der Waals surface area (Å²) >= 11 is 0. The van der Waals surface area contributed by atoms with Gasteiger partial charge in [0.15, 0.2) is 5.75 Å². The van der Waals surface area contributed by atoms with E-state index in [4.69, 9.17) is 9.84 Å². The molecule has 80 valence electrons. The van der Waals surface area contributed by atoms with Gasteiger partial charge in [0.1, 0.15) is 11.9 Å². The second-order valence-corrected chi connectivity index (χ2v) is 2.83. The quantitative estimate of drug-likeness (QED) is 0.835. The molecular weight excluding hydrogens is 210 g/mol. The Balaban J connectivity index is 2.31. The molecule has 2 heterocycles. The number of hydrogen-bond donors (Lipinski definition) is 1. The van der Waals surface area contributed by atoms with Crippen molar-refractivity contribution in [3.63, 3.8) is 0 Å². The van der Waals surface area contributed by atoms with E-state index in [0.717, 1.165) is 0 Å². The van der Waals surface area contributed by atoms with E-state index in [1.165, 1.54) is 37.1 Å². The minimum absolute atomic E-state index is 0.0358. The maximum absolute atomic E-state index is 10.9. The van der Waals surface area contributed by atoms with Crippen LogP contribution in [0.2, 0.25) is 0 Å². The number of carboxylic acid groups (broad SMARTS) is 1. The van der Waals surface area contributed by atoms with Gasteiger partial charge in [-0.05, 0) is 6.07 Å². The maximum atomic E-state index is 10.9. The van der Waals surface area contributed by atoms with Crippen molar-refractivity contribution < 1.29 is 14.6 Å². The molecule has 6 nitrogen and oxygen atoms in total. The molecule has 2 aromatic rings. The molecule has 0 saturated carbocycles. The van der Waals surface area contributed by atoms with E-state index in [9.17, 15) is 4.79 Å². The Kier molecular flexibility index (Phi) is 2.73. The minimum Gasteiger partial charge on any atom is -0.478 e. The molecule has 0 fully saturated rings. The summed E-state index contributed by atoms with van der Waals surface area (Å²) in [6, 6.07) is 2.89. The van der Waals surface area contributed by atoms with Crippen molar-refractivity contribution in [1.82, 2.24) is 15.0 Å². The number of pyridine rings is 1. The highest BCUT2D eigenvalue weighted by Crippen LogP contribution is 2.21. The lowest BCUT2D eigenvalue weighted by molar-refractivity contribution is 0.0694. The Labute approximate surface area is 90.6 Å². The molecule has 2 rings (SSSR count). The molecule has 6 heteroatoms. The van der Waals surface area contributed by atoms with Crippen LogP contribution in [0.25, 0.3) is 0 Å². The first-order valence-electron chi connectivity index (χ1n) is 4.38. The Morgan fingerprint density at radius 2 is 2.06 bits per heavy atom. The van der Waals surface area contributed by atoms with Crippen molar-refractivity contribution in [1.29, 1.82) is 0 Å². The molecule has 0 unspecified atom stereocenters. The standard InChI is InChI=1S/C10H7N3O3/c14-10(15)7-1-3-11-5-8(7)16-9-2-4-12-6-13-9/h1-6H,(H,14,15). The maximum Gasteiger partial charge on any atom is 0.339 e. The fraction of sp³-hybridized carbons (Fsp3) is 0. The normalized spacial score (nSPS) is 9.75. The van der Waals surface area contributed by atoms with E-state index in [-0.39, 0.29) is 17.2 Å². The molecule has 0 bridgehead atoms. The summed E-state index contributed by atoms with van der Waals surface area (Å²) in [6.45, 7) is 0. The van der Waals surface area contributed by atoms with Crippen LogP contribution in [0.3, 0.4) is 0 Å². The van der Waals surface area contributed by atoms with Crippen LogP contribution < -0.4 is 4.74 Å². The number of ether oxygens (including phenoxy) is 1. The lowest BCUT2D eigenvalue weighted by Crippen LogP contribution is -2.00. The Morgan fingerprint density at radius 3 is 2.75 bits per heavy atom. The molecule has 0 aromatic carbocycles. The van der Waals surface area contributed by atoms with Gasteiger partial charge >= 0.3 is 5.97 Å². The second-order valence-electron chi connectivity index (χ2n) is 2.83. The molecule has 0 spiro atoms. The SMILES string of the molecule is O=C(O)c1ccncc1Oc1ccncn1. The molecule has 0 atom stereocenters. The molecule has 1 N–H and O–H groups in total. The highest BCUT2D eigenvalue weighted by atomic mass is 16.5. The van der Waals surface area contributed by atoms with Crippen LogP contribution in [0.1, 0.15) is 10.4 Å². The summed E-state index contributed by atoms with van der Waals surface area (Å²) in [6.07, 6.45) is 5.52. The average molecular weight is 217 g/mol. The van der Waals surface area contributed by atoms with E-state index in [1.807, 2.05) is 0 Å². The van der Waals surface area contributed by atoms with Crippen molar-refractivity contribution in [2.75, 3.05) is 0 Å². The molecule has 0 aliphatic heterocycles. The number of carbonyl (C=O) groups is 1. The van der Waals surface area contributed by atoms with Gasteiger partial charge in [-0.2, -0.15) is 0 Å². The van der Waals surface area contributed by atoms with Gasteiger partial charge in [0.2, 0.25) is 5.88 Å². The highest BCUT2D eigenvalue weighted by Gasteiger charge is 2.11. The van der Waals surface area contributed by atoms with Crippen molar-refractivity contribution in [3.05, 3.63) is 42.6 Å². The van der Waals surface area contributed by atoms with E-state index in [2.05, 4.69) is 15.0 Å². The first-order chi connectivity index (χ1) is 7.77. The van der Waals surface area contributed by atoms with Crippen LogP contribution in [0.5, 0.6) is 11.6 Å². The van der Waals surface area contributed by atoms with Gasteiger partial charge in [-0.3, -0.25) is 4.98 Å². The smallest absolute Gasteiger partial charge is 0.339 e. The first-order valence-corrected chi connectivity index (χ1v) is 4.38. The zero-order valence-electron chi connectivity index (χ0n) is 8.07. The monoisotopic (exact) mass is 217 g/mol. The summed E-state index contributed by atoms with van der Waals surface area (Å²) in [5.74, 6) is -0.661. The van der Waals surface area contributed by atoms with Crippen molar-refractivity contribution in [2.45, 2.75) is 0 Å². The van der Waals surface area contributed by atoms with E-state index >= 15 is 0 Å². The Morgan fingerprint density at radius 1 is 1.25 bits per heavy atom. The summed E-state index contributed by atoms with van der Waals surface area (Å²) < 4.78 is 5.28. The third-order valence-electron chi connectivity index (χ3n) is 1.78. The van der Waals surface area contributed by atoms with Crippen molar-refractivity contribution >= 4 is 5.97 Å². The number of rotatable bonds is 3. The second kappa shape index (κ2) is 4.35. The Hall–Kier alpha value is -2.50. The lowest BCUT2D eigenvalue weighted by atomic mass is 10.2. The van der Waals surface area contributed by atoms with Crippen LogP contribution in [-0.2, 0) is 0 Å². The predicted molar refractivity (Wildman–Crippen MR) is 53.3 cm³/mol. The average Bonchev–Trinajstić information content (AvgIpc) is 2.31. The summed E-state index contributed by atoms with van der Waals surface area (Å²) in [5.41, 5.74) is 0.0358. The molecule has 0 radical (unpaired) electrons. The van der Waals surface area contributed by atoms with Gasteiger partial charge in [0.25, 0.3) is 0 Å². The van der Waals surface area contributed by atoms with Crippen LogP contribution in [-0.4, -0.2) is 26.0 Å². The largest absolute Gasteiger partial charge is 0.478 e. The fourth-order valence-electron chi connectivity index (χ4n) is 1.09. The zero-order valence-corrected chi connectivity index (χ0v) is 8.07. The van der Waals surface area contributed by atoms with Gasteiger partial charge < -0.3 is 9.84 Å². The lowest BCUT2D eigenvalue weighted by Gasteiger charge is -2.05. The van der Waals surface area contributed by atoms with E-state index < -0.39 is 5.97 Å². The molecule has 0 aliphatic rings. The number of aromatic carboxylic acids is 1. The first kappa shape index (κ1) is 10.0. The van der Waals surface area contributed by atoms with E-state index in [0.29, 0.717) is 0 Å². The molecule has 0 aliphatic carbocycles. The summed E-state index contributed by atoms with van der Waals surface area (Å²) in [7, 11) is 0. The number of carboxylic acids is 1. The third-order valence-corrected chi connectivity index (χ3v) is 1.78. The van der Waals surface area contributed by atoms with Gasteiger partial charge in [0.05, 0.1) is 6.20 Å². The molecule has 0 amide bonds. The van der Waals surface area contributed by atoms with Crippen LogP contribution >= 0.6 is 0 Å². The van der Waals surface area contributed by atoms with Gasteiger partial charge in [-0.1, -0.05) is 0 Å².